The first-order chi connectivity index (χ1) is 25.8. The monoisotopic (exact) mass is 1160 g/mol. The number of aliphatic hydroxyl groups excluding tert-OH is 2. The number of carboxylic acid groups (broad SMARTS) is 3. The van der Waals surface area contributed by atoms with E-state index in [4.69, 9.17) is 63.1 Å². The van der Waals surface area contributed by atoms with Gasteiger partial charge < -0.3 is 54.9 Å². The van der Waals surface area contributed by atoms with Gasteiger partial charge in [-0.15, -0.1) is 0 Å². The molecule has 3 aliphatic rings. The van der Waals surface area contributed by atoms with Gasteiger partial charge >= 0.3 is 78.5 Å². The van der Waals surface area contributed by atoms with E-state index in [1.807, 2.05) is 7.05 Å². The van der Waals surface area contributed by atoms with Crippen molar-refractivity contribution >= 4 is 64.1 Å². The third kappa shape index (κ3) is 18.3. The van der Waals surface area contributed by atoms with Crippen molar-refractivity contribution in [1.82, 2.24) is 28.1 Å². The van der Waals surface area contributed by atoms with Gasteiger partial charge in [0.15, 0.2) is 0 Å². The van der Waals surface area contributed by atoms with Crippen molar-refractivity contribution in [2.45, 2.75) is 33.7 Å². The van der Waals surface area contributed by atoms with Crippen LogP contribution >= 0.6 is 23.2 Å². The summed E-state index contributed by atoms with van der Waals surface area (Å²) < 4.78 is 5.04. The zero-order chi connectivity index (χ0) is 43.9. The third-order valence-electron chi connectivity index (χ3n) is 7.10. The number of anilines is 4. The van der Waals surface area contributed by atoms with Gasteiger partial charge in [0.1, 0.15) is 33.3 Å². The molecule has 0 unspecified atom stereocenters. The Morgan fingerprint density at radius 1 is 0.525 bits per heavy atom. The van der Waals surface area contributed by atoms with Crippen LogP contribution in [0.5, 0.6) is 0 Å². The molecule has 0 saturated carbocycles. The van der Waals surface area contributed by atoms with E-state index < -0.39 is 23.6 Å². The Bertz CT molecular complexity index is 1940. The quantitative estimate of drug-likeness (QED) is 0.140. The van der Waals surface area contributed by atoms with Gasteiger partial charge in [0, 0.05) is 48.5 Å². The second-order valence-corrected chi connectivity index (χ2v) is 12.6. The maximum absolute atomic E-state index is 12.1. The zero-order valence-corrected chi connectivity index (χ0v) is 40.0. The van der Waals surface area contributed by atoms with E-state index in [2.05, 4.69) is 0 Å². The first-order valence-electron chi connectivity index (χ1n) is 16.2. The fourth-order valence-electron chi connectivity index (χ4n) is 4.99. The molecule has 0 aromatic carbocycles. The van der Waals surface area contributed by atoms with Crippen LogP contribution in [0.25, 0.3) is 0 Å². The van der Waals surface area contributed by atoms with Crippen LogP contribution < -0.4 is 42.1 Å². The summed E-state index contributed by atoms with van der Waals surface area (Å²) in [5.41, 5.74) is -0.394. The summed E-state index contributed by atoms with van der Waals surface area (Å²) in [5, 5.41) is 40.8. The maximum Gasteiger partial charge on any atom is 1.00 e. The molecule has 0 saturated heterocycles. The molecule has 2 aromatic heterocycles. The second kappa shape index (κ2) is 29.3. The minimum atomic E-state index is -0.833. The summed E-state index contributed by atoms with van der Waals surface area (Å²) >= 11 is 11.7. The molecule has 0 bridgehead atoms. The summed E-state index contributed by atoms with van der Waals surface area (Å²) in [6.45, 7) is 9.18. The number of fused-ring (bicyclic) bond motifs is 2. The van der Waals surface area contributed by atoms with E-state index in [9.17, 15) is 19.2 Å². The van der Waals surface area contributed by atoms with Crippen LogP contribution in [0.3, 0.4) is 0 Å². The predicted octanol–water partition coefficient (Wildman–Crippen LogP) is -0.761. The molecule has 0 radical (unpaired) electrons. The van der Waals surface area contributed by atoms with Crippen LogP contribution in [0.1, 0.15) is 27.2 Å². The number of hydrogen-bond donors (Lipinski definition) is 5. The van der Waals surface area contributed by atoms with Gasteiger partial charge in [-0.25, -0.2) is 9.59 Å². The fraction of sp³-hybridized carbons (Fsp3) is 0.500. The Kier molecular flexibility index (Phi) is 31.1. The number of halogens is 2. The molecular weight excluding hydrogens is 1110 g/mol. The van der Waals surface area contributed by atoms with E-state index >= 15 is 0 Å². The molecule has 0 atom stereocenters. The number of aliphatic hydroxyl groups is 2. The number of carbonyl (C=O) groups is 3. The minimum Gasteiger partial charge on any atom is -0.498 e. The molecule has 348 valence electrons. The Morgan fingerprint density at radius 3 is 1.24 bits per heavy atom. The van der Waals surface area contributed by atoms with Crippen LogP contribution in [-0.2, 0) is 109 Å². The van der Waals surface area contributed by atoms with Crippen LogP contribution in [0, 0.1) is 20.0 Å². The van der Waals surface area contributed by atoms with Crippen LogP contribution in [0.2, 0.25) is 0 Å². The normalized spacial score (nSPS) is 12.8. The topological polar surface area (TPSA) is 260 Å². The van der Waals surface area contributed by atoms with Gasteiger partial charge in [-0.2, -0.15) is 20.0 Å². The molecule has 5 N–H and O–H groups in total. The minimum absolute atomic E-state index is 0. The van der Waals surface area contributed by atoms with Gasteiger partial charge in [-0.05, 0) is 48.2 Å². The van der Waals surface area contributed by atoms with Crippen LogP contribution in [0.15, 0.2) is 29.5 Å². The van der Waals surface area contributed by atoms with Crippen molar-refractivity contribution in [2.24, 2.45) is 21.1 Å². The first kappa shape index (κ1) is 62.7. The Labute approximate surface area is 397 Å². The van der Waals surface area contributed by atoms with Crippen molar-refractivity contribution in [3.05, 3.63) is 72.0 Å². The maximum atomic E-state index is 12.1. The van der Waals surface area contributed by atoms with Gasteiger partial charge in [0.25, 0.3) is 29.0 Å². The standard InChI is InChI=1S/C10H15N4O3.C9H13N4O2.C7H11Cl2N2O.3C2H4O2.3Ag/c1-11-6-12(2)8-7(11)9(16)14(4-5-15)10(17)13(8)3;1-10-5-11(2)7-6(10)8(14)13(4)9(15)12(7)3;1-10-5-11(3-2-4-12)7(9)6(10)8;3*1-2(3)4;;;/h6,15H,4-5H2,1-3H3;5H,1-4H3;5,12H,2-4H2,1H3;3*1H3,(H,3,4);;;/q3*-1;;;;3*+1. The first-order valence-corrected chi connectivity index (χ1v) is 17.0. The molecule has 2 aromatic rings. The number of aliphatic carboxylic acids is 3. The molecule has 59 heavy (non-hydrogen) atoms. The zero-order valence-electron chi connectivity index (χ0n) is 34.0. The van der Waals surface area contributed by atoms with Crippen LogP contribution in [0.4, 0.5) is 23.0 Å². The number of nitrogens with zero attached hydrogens (tertiary/aromatic N) is 10. The number of aromatic nitrogens is 4. The van der Waals surface area contributed by atoms with Gasteiger partial charge in [-0.3, -0.25) is 42.2 Å². The van der Waals surface area contributed by atoms with Crippen molar-refractivity contribution in [3.63, 3.8) is 0 Å². The number of hydrogen-bond acceptors (Lipinski definition) is 15. The fourth-order valence-corrected chi connectivity index (χ4v) is 5.41. The largest absolute Gasteiger partial charge is 1.00 e. The number of carboxylic acids is 3. The van der Waals surface area contributed by atoms with Crippen molar-refractivity contribution in [3.8, 4) is 0 Å². The molecule has 5 heterocycles. The molecule has 0 spiro atoms. The van der Waals surface area contributed by atoms with Gasteiger partial charge in [0.05, 0.1) is 13.2 Å². The Hall–Kier alpha value is -2.97. The SMILES string of the molecule is CC(=O)O.CC(=O)O.CC(=O)O.CN1[CH-]N(C)c2c1c(=O)n(C)c(=O)n2C.CN1[CH-]N(C)c2c1c(=O)n(CCO)c(=O)n2C.CN1[CH-]N(CCCO)C(Cl)=C1Cl.[Ag+].[Ag+].[Ag+]. The molecule has 0 aliphatic carbocycles. The van der Waals surface area contributed by atoms with Crippen LogP contribution in [-0.4, -0.2) is 127 Å². The average molecular weight is 1160 g/mol. The van der Waals surface area contributed by atoms with Crippen molar-refractivity contribution in [1.29, 1.82) is 0 Å². The predicted molar refractivity (Wildman–Crippen MR) is 211 cm³/mol. The average Bonchev–Trinajstić information content (AvgIpc) is 3.65. The third-order valence-corrected chi connectivity index (χ3v) is 8.04. The summed E-state index contributed by atoms with van der Waals surface area (Å²) in [5.74, 6) is -1.30. The molecule has 5 rings (SSSR count). The molecule has 22 nitrogen and oxygen atoms in total. The van der Waals surface area contributed by atoms with E-state index in [-0.39, 0.29) is 104 Å². The smallest absolute Gasteiger partial charge is 0.498 e. The Balaban J connectivity index is -0.000000333. The van der Waals surface area contributed by atoms with E-state index in [1.165, 1.54) is 16.2 Å². The summed E-state index contributed by atoms with van der Waals surface area (Å²) in [4.78, 5) is 85.0. The molecule has 3 aliphatic heterocycles. The second-order valence-electron chi connectivity index (χ2n) is 11.9. The van der Waals surface area contributed by atoms with E-state index in [0.29, 0.717) is 46.3 Å². The summed E-state index contributed by atoms with van der Waals surface area (Å²) in [7, 11) is 13.7. The summed E-state index contributed by atoms with van der Waals surface area (Å²) in [6, 6.07) is 0. The molecule has 0 fully saturated rings. The molecule has 0 amide bonds. The van der Waals surface area contributed by atoms with Crippen molar-refractivity contribution < 1.29 is 107 Å². The van der Waals surface area contributed by atoms with Crippen molar-refractivity contribution in [2.75, 3.05) is 74.6 Å². The van der Waals surface area contributed by atoms with Gasteiger partial charge in [-0.1, -0.05) is 23.2 Å². The van der Waals surface area contributed by atoms with E-state index in [0.717, 1.165) is 29.9 Å². The van der Waals surface area contributed by atoms with Gasteiger partial charge in [0.2, 0.25) is 0 Å². The molecular formula is C32H51Ag3Cl2N10O12. The molecule has 27 heteroatoms. The van der Waals surface area contributed by atoms with E-state index in [1.54, 1.807) is 91.7 Å². The summed E-state index contributed by atoms with van der Waals surface area (Å²) in [6.07, 6.45) is 0.685. The Morgan fingerprint density at radius 2 is 0.898 bits per heavy atom. The number of rotatable bonds is 5.